The fourth-order valence-corrected chi connectivity index (χ4v) is 2.88. The standard InChI is InChI=1S/C15H28N2O2/c1-11-5-3-4-6-14(11)19-10-9-16-15(18)17-12(2)13-7-8-13/h11-14H,3-10H2,1-2H3,(H2,16,17,18). The minimum atomic E-state index is -0.0558. The topological polar surface area (TPSA) is 50.4 Å². The molecule has 3 atom stereocenters. The molecule has 2 N–H and O–H groups in total. The summed E-state index contributed by atoms with van der Waals surface area (Å²) in [4.78, 5) is 11.6. The molecule has 0 heterocycles. The quantitative estimate of drug-likeness (QED) is 0.728. The first kappa shape index (κ1) is 14.6. The summed E-state index contributed by atoms with van der Waals surface area (Å²) in [6.07, 6.45) is 7.96. The number of carbonyl (C=O) groups excluding carboxylic acids is 1. The summed E-state index contributed by atoms with van der Waals surface area (Å²) in [7, 11) is 0. The van der Waals surface area contributed by atoms with Crippen molar-refractivity contribution in [1.82, 2.24) is 10.6 Å². The van der Waals surface area contributed by atoms with Crippen LogP contribution in [0.15, 0.2) is 0 Å². The van der Waals surface area contributed by atoms with Crippen LogP contribution in [0.2, 0.25) is 0 Å². The predicted octanol–water partition coefficient (Wildman–Crippen LogP) is 2.68. The van der Waals surface area contributed by atoms with E-state index in [1.807, 2.05) is 0 Å². The van der Waals surface area contributed by atoms with E-state index in [0.29, 0.717) is 37.1 Å². The van der Waals surface area contributed by atoms with Crippen LogP contribution in [0.5, 0.6) is 0 Å². The smallest absolute Gasteiger partial charge is 0.315 e. The first-order chi connectivity index (χ1) is 9.16. The van der Waals surface area contributed by atoms with Gasteiger partial charge in [-0.3, -0.25) is 0 Å². The normalized spacial score (nSPS) is 28.7. The molecule has 0 spiro atoms. The maximum atomic E-state index is 11.6. The molecule has 0 aliphatic heterocycles. The van der Waals surface area contributed by atoms with Gasteiger partial charge in [-0.1, -0.05) is 19.8 Å². The second kappa shape index (κ2) is 7.13. The molecule has 0 saturated heterocycles. The van der Waals surface area contributed by atoms with Gasteiger partial charge in [0.25, 0.3) is 0 Å². The summed E-state index contributed by atoms with van der Waals surface area (Å²) in [5, 5.41) is 5.86. The first-order valence-corrected chi connectivity index (χ1v) is 7.83. The van der Waals surface area contributed by atoms with Crippen molar-refractivity contribution in [2.75, 3.05) is 13.2 Å². The van der Waals surface area contributed by atoms with Crippen molar-refractivity contribution in [1.29, 1.82) is 0 Å². The molecule has 0 radical (unpaired) electrons. The van der Waals surface area contributed by atoms with Crippen LogP contribution in [0.25, 0.3) is 0 Å². The molecular formula is C15H28N2O2. The number of nitrogens with one attached hydrogen (secondary N) is 2. The molecule has 2 rings (SSSR count). The number of hydrogen-bond donors (Lipinski definition) is 2. The Hall–Kier alpha value is -0.770. The molecule has 0 aromatic rings. The van der Waals surface area contributed by atoms with Crippen molar-refractivity contribution < 1.29 is 9.53 Å². The molecule has 2 aliphatic rings. The Labute approximate surface area is 116 Å². The Balaban J connectivity index is 1.52. The Morgan fingerprint density at radius 1 is 1.26 bits per heavy atom. The number of rotatable bonds is 6. The summed E-state index contributed by atoms with van der Waals surface area (Å²) in [6, 6.07) is 0.249. The third-order valence-electron chi connectivity index (χ3n) is 4.44. The second-order valence-electron chi connectivity index (χ2n) is 6.20. The first-order valence-electron chi connectivity index (χ1n) is 7.83. The van der Waals surface area contributed by atoms with Gasteiger partial charge in [0.15, 0.2) is 0 Å². The fourth-order valence-electron chi connectivity index (χ4n) is 2.88. The second-order valence-corrected chi connectivity index (χ2v) is 6.20. The van der Waals surface area contributed by atoms with Crippen LogP contribution in [0, 0.1) is 11.8 Å². The van der Waals surface area contributed by atoms with Crippen LogP contribution < -0.4 is 10.6 Å². The zero-order valence-electron chi connectivity index (χ0n) is 12.3. The molecule has 0 aromatic heterocycles. The van der Waals surface area contributed by atoms with Gasteiger partial charge in [-0.15, -0.1) is 0 Å². The molecule has 4 nitrogen and oxygen atoms in total. The van der Waals surface area contributed by atoms with Gasteiger partial charge in [0.05, 0.1) is 12.7 Å². The summed E-state index contributed by atoms with van der Waals surface area (Å²) < 4.78 is 5.87. The van der Waals surface area contributed by atoms with E-state index < -0.39 is 0 Å². The number of urea groups is 1. The highest BCUT2D eigenvalue weighted by molar-refractivity contribution is 5.74. The average molecular weight is 268 g/mol. The summed E-state index contributed by atoms with van der Waals surface area (Å²) in [5.74, 6) is 1.36. The Morgan fingerprint density at radius 2 is 2.00 bits per heavy atom. The average Bonchev–Trinajstić information content (AvgIpc) is 3.20. The van der Waals surface area contributed by atoms with Crippen molar-refractivity contribution in [2.24, 2.45) is 11.8 Å². The largest absolute Gasteiger partial charge is 0.376 e. The molecule has 3 unspecified atom stereocenters. The number of amides is 2. The maximum Gasteiger partial charge on any atom is 0.315 e. The Morgan fingerprint density at radius 3 is 2.68 bits per heavy atom. The van der Waals surface area contributed by atoms with E-state index in [4.69, 9.17) is 4.74 Å². The van der Waals surface area contributed by atoms with Crippen LogP contribution in [0.1, 0.15) is 52.4 Å². The monoisotopic (exact) mass is 268 g/mol. The van der Waals surface area contributed by atoms with Crippen molar-refractivity contribution in [2.45, 2.75) is 64.5 Å². The van der Waals surface area contributed by atoms with Crippen molar-refractivity contribution in [3.05, 3.63) is 0 Å². The summed E-state index contributed by atoms with van der Waals surface area (Å²) in [6.45, 7) is 5.57. The molecule has 2 saturated carbocycles. The third kappa shape index (κ3) is 5.01. The van der Waals surface area contributed by atoms with Crippen LogP contribution in [0.3, 0.4) is 0 Å². The number of hydrogen-bond acceptors (Lipinski definition) is 2. The third-order valence-corrected chi connectivity index (χ3v) is 4.44. The molecule has 0 aromatic carbocycles. The summed E-state index contributed by atoms with van der Waals surface area (Å²) in [5.41, 5.74) is 0. The van der Waals surface area contributed by atoms with Crippen LogP contribution in [-0.2, 0) is 4.74 Å². The lowest BCUT2D eigenvalue weighted by Gasteiger charge is -2.28. The van der Waals surface area contributed by atoms with Gasteiger partial charge >= 0.3 is 6.03 Å². The minimum absolute atomic E-state index is 0.0558. The highest BCUT2D eigenvalue weighted by atomic mass is 16.5. The molecule has 0 bridgehead atoms. The lowest BCUT2D eigenvalue weighted by Crippen LogP contribution is -2.43. The van der Waals surface area contributed by atoms with Gasteiger partial charge in [0.1, 0.15) is 0 Å². The zero-order valence-corrected chi connectivity index (χ0v) is 12.3. The van der Waals surface area contributed by atoms with Gasteiger partial charge in [-0.25, -0.2) is 4.79 Å². The van der Waals surface area contributed by atoms with Crippen molar-refractivity contribution >= 4 is 6.03 Å². The highest BCUT2D eigenvalue weighted by Crippen LogP contribution is 2.32. The highest BCUT2D eigenvalue weighted by Gasteiger charge is 2.28. The molecule has 2 fully saturated rings. The number of ether oxygens (including phenoxy) is 1. The van der Waals surface area contributed by atoms with Gasteiger partial charge in [0, 0.05) is 12.6 Å². The van der Waals surface area contributed by atoms with Crippen LogP contribution in [0.4, 0.5) is 4.79 Å². The Kier molecular flexibility index (Phi) is 5.49. The summed E-state index contributed by atoms with van der Waals surface area (Å²) >= 11 is 0. The maximum absolute atomic E-state index is 11.6. The SMILES string of the molecule is CC1CCCCC1OCCNC(=O)NC(C)C1CC1. The van der Waals surface area contributed by atoms with E-state index in [9.17, 15) is 4.79 Å². The van der Waals surface area contributed by atoms with Gasteiger partial charge < -0.3 is 15.4 Å². The molecule has 2 amide bonds. The van der Waals surface area contributed by atoms with E-state index in [2.05, 4.69) is 24.5 Å². The minimum Gasteiger partial charge on any atom is -0.376 e. The lowest BCUT2D eigenvalue weighted by atomic mass is 9.88. The van der Waals surface area contributed by atoms with Crippen LogP contribution >= 0.6 is 0 Å². The Bertz CT molecular complexity index is 292. The number of carbonyl (C=O) groups is 1. The van der Waals surface area contributed by atoms with Crippen molar-refractivity contribution in [3.8, 4) is 0 Å². The molecule has 4 heteroatoms. The fraction of sp³-hybridized carbons (Fsp3) is 0.933. The molecular weight excluding hydrogens is 240 g/mol. The van der Waals surface area contributed by atoms with Crippen molar-refractivity contribution in [3.63, 3.8) is 0 Å². The van der Waals surface area contributed by atoms with Gasteiger partial charge in [-0.05, 0) is 44.4 Å². The van der Waals surface area contributed by atoms with E-state index >= 15 is 0 Å². The molecule has 2 aliphatic carbocycles. The van der Waals surface area contributed by atoms with E-state index in [1.54, 1.807) is 0 Å². The van der Waals surface area contributed by atoms with Gasteiger partial charge in [0.2, 0.25) is 0 Å². The van der Waals surface area contributed by atoms with E-state index in [-0.39, 0.29) is 6.03 Å². The van der Waals surface area contributed by atoms with E-state index in [1.165, 1.54) is 38.5 Å². The lowest BCUT2D eigenvalue weighted by molar-refractivity contribution is -0.00245. The van der Waals surface area contributed by atoms with Gasteiger partial charge in [-0.2, -0.15) is 0 Å². The predicted molar refractivity (Wildman–Crippen MR) is 76.1 cm³/mol. The van der Waals surface area contributed by atoms with E-state index in [0.717, 1.165) is 0 Å². The zero-order chi connectivity index (χ0) is 13.7. The van der Waals surface area contributed by atoms with Crippen LogP contribution in [-0.4, -0.2) is 31.3 Å². The molecule has 110 valence electrons. The molecule has 19 heavy (non-hydrogen) atoms.